The maximum atomic E-state index is 14.4. The average Bonchev–Trinajstić information content (AvgIpc) is 3.57. The number of ether oxygens (including phenoxy) is 3. The minimum atomic E-state index is -4.56. The first-order chi connectivity index (χ1) is 19.3. The van der Waals surface area contributed by atoms with Gasteiger partial charge < -0.3 is 19.9 Å². The average molecular weight is 557 g/mol. The number of rotatable bonds is 10. The molecule has 4 aromatic rings. The van der Waals surface area contributed by atoms with Gasteiger partial charge >= 0.3 is 12.2 Å². The maximum absolute atomic E-state index is 14.4. The van der Waals surface area contributed by atoms with Crippen molar-refractivity contribution in [3.63, 3.8) is 0 Å². The molecule has 1 aliphatic heterocycles. The summed E-state index contributed by atoms with van der Waals surface area (Å²) in [5, 5.41) is 0. The van der Waals surface area contributed by atoms with Crippen molar-refractivity contribution in [3.8, 4) is 23.1 Å². The highest BCUT2D eigenvalue weighted by molar-refractivity contribution is 5.83. The van der Waals surface area contributed by atoms with E-state index in [1.807, 2.05) is 18.2 Å². The summed E-state index contributed by atoms with van der Waals surface area (Å²) in [6.45, 7) is 3.27. The minimum absolute atomic E-state index is 0.00555. The molecule has 0 saturated carbocycles. The number of aromatic nitrogens is 4. The Hall–Kier alpha value is -3.90. The number of nitrogens with two attached hydrogens (primary N) is 1. The van der Waals surface area contributed by atoms with Crippen LogP contribution < -0.4 is 15.2 Å². The summed E-state index contributed by atoms with van der Waals surface area (Å²) in [6.07, 6.45) is -2.26. The largest absolute Gasteiger partial charge is 0.468 e. The highest BCUT2D eigenvalue weighted by atomic mass is 19.4. The van der Waals surface area contributed by atoms with Crippen LogP contribution in [0.3, 0.4) is 0 Å². The van der Waals surface area contributed by atoms with E-state index in [9.17, 15) is 13.2 Å². The Morgan fingerprint density at radius 3 is 2.42 bits per heavy atom. The Balaban J connectivity index is 1.50. The third-order valence-corrected chi connectivity index (χ3v) is 6.84. The summed E-state index contributed by atoms with van der Waals surface area (Å²) >= 11 is 0. The van der Waals surface area contributed by atoms with E-state index >= 15 is 0 Å². The molecular formula is C28H31F3N6O3. The summed E-state index contributed by atoms with van der Waals surface area (Å²) in [4.78, 5) is 15.1. The number of methoxy groups -OCH3 is 2. The van der Waals surface area contributed by atoms with Gasteiger partial charge in [0.2, 0.25) is 0 Å². The fourth-order valence-corrected chi connectivity index (χ4v) is 4.96. The molecule has 9 nitrogen and oxygen atoms in total. The normalized spacial score (nSPS) is 14.2. The molecule has 0 bridgehead atoms. The van der Waals surface area contributed by atoms with E-state index in [0.717, 1.165) is 44.1 Å². The summed E-state index contributed by atoms with van der Waals surface area (Å²) in [5.41, 5.74) is 7.94. The molecule has 0 aliphatic carbocycles. The lowest BCUT2D eigenvalue weighted by Gasteiger charge is -2.18. The van der Waals surface area contributed by atoms with E-state index < -0.39 is 11.7 Å². The minimum Gasteiger partial charge on any atom is -0.468 e. The van der Waals surface area contributed by atoms with E-state index in [2.05, 4.69) is 19.9 Å². The number of hydrogen-bond donors (Lipinski definition) is 1. The van der Waals surface area contributed by atoms with E-state index in [-0.39, 0.29) is 47.7 Å². The number of benzene rings is 2. The molecule has 2 N–H and O–H groups in total. The number of fused-ring (bicyclic) bond motifs is 1. The van der Waals surface area contributed by atoms with Crippen LogP contribution in [0.5, 0.6) is 12.0 Å². The Labute approximate surface area is 229 Å². The van der Waals surface area contributed by atoms with Crippen molar-refractivity contribution in [2.45, 2.75) is 32.1 Å². The number of hydrogen-bond acceptors (Lipinski definition) is 8. The van der Waals surface area contributed by atoms with Crippen molar-refractivity contribution in [1.82, 2.24) is 24.4 Å². The molecule has 3 heterocycles. The van der Waals surface area contributed by atoms with Crippen LogP contribution in [0.25, 0.3) is 22.3 Å². The van der Waals surface area contributed by atoms with E-state index in [0.29, 0.717) is 17.7 Å². The number of nitrogen functional groups attached to an aromatic ring is 1. The van der Waals surface area contributed by atoms with Crippen molar-refractivity contribution in [2.24, 2.45) is 0 Å². The number of alkyl halides is 3. The SMILES string of the molecule is COCCOc1nc(N)c2nc(OC)n(Cc3ccc(-c4cccc(CN5CCCC5)c4)c(C(F)(F)F)c3)c2n1. The third-order valence-electron chi connectivity index (χ3n) is 6.84. The zero-order chi connectivity index (χ0) is 28.3. The zero-order valence-corrected chi connectivity index (χ0v) is 22.4. The molecule has 2 aromatic carbocycles. The number of anilines is 1. The van der Waals surface area contributed by atoms with Gasteiger partial charge in [-0.3, -0.25) is 9.47 Å². The molecule has 0 spiro atoms. The van der Waals surface area contributed by atoms with Crippen molar-refractivity contribution >= 4 is 17.0 Å². The van der Waals surface area contributed by atoms with Gasteiger partial charge in [-0.05, 0) is 60.3 Å². The number of halogens is 3. The molecule has 1 fully saturated rings. The number of nitrogens with zero attached hydrogens (tertiary/aromatic N) is 5. The fourth-order valence-electron chi connectivity index (χ4n) is 4.96. The van der Waals surface area contributed by atoms with Crippen molar-refractivity contribution in [2.75, 3.05) is 46.3 Å². The first-order valence-corrected chi connectivity index (χ1v) is 13.0. The van der Waals surface area contributed by atoms with Gasteiger partial charge in [0, 0.05) is 13.7 Å². The smallest absolute Gasteiger partial charge is 0.417 e. The van der Waals surface area contributed by atoms with Crippen LogP contribution in [0.15, 0.2) is 42.5 Å². The van der Waals surface area contributed by atoms with E-state index in [1.54, 1.807) is 16.7 Å². The van der Waals surface area contributed by atoms with Gasteiger partial charge in [0.15, 0.2) is 17.0 Å². The van der Waals surface area contributed by atoms with Crippen molar-refractivity contribution in [1.29, 1.82) is 0 Å². The predicted octanol–water partition coefficient (Wildman–Crippen LogP) is 4.77. The quantitative estimate of drug-likeness (QED) is 0.279. The molecule has 0 radical (unpaired) electrons. The van der Waals surface area contributed by atoms with Gasteiger partial charge in [0.1, 0.15) is 6.61 Å². The lowest BCUT2D eigenvalue weighted by atomic mass is 9.95. The van der Waals surface area contributed by atoms with Crippen molar-refractivity contribution < 1.29 is 27.4 Å². The monoisotopic (exact) mass is 556 g/mol. The molecule has 5 rings (SSSR count). The van der Waals surface area contributed by atoms with Crippen LogP contribution in [0.2, 0.25) is 0 Å². The molecule has 2 aromatic heterocycles. The fraction of sp³-hybridized carbons (Fsp3) is 0.393. The number of imidazole rings is 1. The summed E-state index contributed by atoms with van der Waals surface area (Å²) in [5.74, 6) is 0.0645. The number of likely N-dealkylation sites (tertiary alicyclic amines) is 1. The second-order valence-corrected chi connectivity index (χ2v) is 9.65. The van der Waals surface area contributed by atoms with Gasteiger partial charge in [-0.15, -0.1) is 0 Å². The molecule has 0 atom stereocenters. The predicted molar refractivity (Wildman–Crippen MR) is 144 cm³/mol. The standard InChI is InChI=1S/C28H31F3N6O3/c1-38-12-13-40-26-34-24(32)23-25(35-26)37(27(33-23)39-2)17-19-8-9-21(22(15-19)28(29,30)31)20-7-5-6-18(14-20)16-36-10-3-4-11-36/h5-9,14-15H,3-4,10-13,16-17H2,1-2H3,(H2,32,34,35). The van der Waals surface area contributed by atoms with Gasteiger partial charge in [-0.25, -0.2) is 0 Å². The zero-order valence-electron chi connectivity index (χ0n) is 22.4. The first-order valence-electron chi connectivity index (χ1n) is 13.0. The summed E-state index contributed by atoms with van der Waals surface area (Å²) < 4.78 is 60.5. The highest BCUT2D eigenvalue weighted by Crippen LogP contribution is 2.38. The van der Waals surface area contributed by atoms with Crippen LogP contribution >= 0.6 is 0 Å². The second-order valence-electron chi connectivity index (χ2n) is 9.65. The van der Waals surface area contributed by atoms with Crippen molar-refractivity contribution in [3.05, 3.63) is 59.2 Å². The van der Waals surface area contributed by atoms with Crippen LogP contribution in [-0.2, 0) is 24.0 Å². The van der Waals surface area contributed by atoms with E-state index in [1.165, 1.54) is 20.3 Å². The first kappa shape index (κ1) is 27.7. The maximum Gasteiger partial charge on any atom is 0.417 e. The van der Waals surface area contributed by atoms with Crippen LogP contribution in [0.4, 0.5) is 19.0 Å². The Bertz CT molecular complexity index is 1480. The van der Waals surface area contributed by atoms with Crippen LogP contribution in [-0.4, -0.2) is 64.9 Å². The molecule has 1 saturated heterocycles. The Kier molecular flexibility index (Phi) is 8.08. The molecule has 0 unspecified atom stereocenters. The van der Waals surface area contributed by atoms with Crippen LogP contribution in [0, 0.1) is 0 Å². The van der Waals surface area contributed by atoms with E-state index in [4.69, 9.17) is 19.9 Å². The third kappa shape index (κ3) is 5.97. The molecule has 0 amide bonds. The molecule has 40 heavy (non-hydrogen) atoms. The molecule has 1 aliphatic rings. The van der Waals surface area contributed by atoms with Crippen LogP contribution in [0.1, 0.15) is 29.5 Å². The summed E-state index contributed by atoms with van der Waals surface area (Å²) in [6, 6.07) is 11.8. The van der Waals surface area contributed by atoms with Gasteiger partial charge in [-0.1, -0.05) is 30.3 Å². The Morgan fingerprint density at radius 2 is 1.70 bits per heavy atom. The Morgan fingerprint density at radius 1 is 0.925 bits per heavy atom. The summed E-state index contributed by atoms with van der Waals surface area (Å²) in [7, 11) is 2.95. The molecule has 12 heteroatoms. The lowest BCUT2D eigenvalue weighted by Crippen LogP contribution is -2.18. The van der Waals surface area contributed by atoms with Gasteiger partial charge in [-0.2, -0.15) is 28.1 Å². The molecular weight excluding hydrogens is 525 g/mol. The highest BCUT2D eigenvalue weighted by Gasteiger charge is 2.34. The van der Waals surface area contributed by atoms with Gasteiger partial charge in [0.05, 0.1) is 25.8 Å². The lowest BCUT2D eigenvalue weighted by molar-refractivity contribution is -0.137. The second kappa shape index (κ2) is 11.7. The van der Waals surface area contributed by atoms with Gasteiger partial charge in [0.25, 0.3) is 6.01 Å². The molecule has 212 valence electrons. The topological polar surface area (TPSA) is 101 Å².